The lowest BCUT2D eigenvalue weighted by Gasteiger charge is -2.37. The Morgan fingerprint density at radius 3 is 2.59 bits per heavy atom. The van der Waals surface area contributed by atoms with Gasteiger partial charge in [-0.15, -0.1) is 0 Å². The summed E-state index contributed by atoms with van der Waals surface area (Å²) >= 11 is 0. The molecular formula is C28H28F2N6O5. The second-order valence-electron chi connectivity index (χ2n) is 10.7. The number of hydrogen-bond acceptors (Lipinski definition) is 9. The van der Waals surface area contributed by atoms with E-state index in [1.165, 1.54) is 30.6 Å². The Morgan fingerprint density at radius 2 is 1.88 bits per heavy atom. The number of halogens is 2. The molecule has 41 heavy (non-hydrogen) atoms. The maximum absolute atomic E-state index is 14.4. The van der Waals surface area contributed by atoms with Gasteiger partial charge < -0.3 is 25.4 Å². The zero-order valence-electron chi connectivity index (χ0n) is 22.6. The Labute approximate surface area is 234 Å². The van der Waals surface area contributed by atoms with Gasteiger partial charge in [0.1, 0.15) is 29.4 Å². The van der Waals surface area contributed by atoms with Gasteiger partial charge in [0.15, 0.2) is 5.69 Å². The summed E-state index contributed by atoms with van der Waals surface area (Å²) in [7, 11) is 0. The number of ether oxygens (including phenoxy) is 2. The molecule has 5 rings (SSSR count). The van der Waals surface area contributed by atoms with Crippen LogP contribution in [0.2, 0.25) is 0 Å². The summed E-state index contributed by atoms with van der Waals surface area (Å²) in [5.74, 6) is -2.39. The molecule has 2 aromatic heterocycles. The summed E-state index contributed by atoms with van der Waals surface area (Å²) in [5.41, 5.74) is 5.35. The molecule has 0 radical (unpaired) electrons. The van der Waals surface area contributed by atoms with E-state index in [1.54, 1.807) is 26.8 Å². The van der Waals surface area contributed by atoms with Crippen molar-refractivity contribution in [3.8, 4) is 11.3 Å². The van der Waals surface area contributed by atoms with Gasteiger partial charge in [-0.1, -0.05) is 6.07 Å². The van der Waals surface area contributed by atoms with Gasteiger partial charge in [0, 0.05) is 25.7 Å². The third kappa shape index (κ3) is 5.60. The molecule has 11 nitrogen and oxygen atoms in total. The van der Waals surface area contributed by atoms with E-state index < -0.39 is 47.5 Å². The van der Waals surface area contributed by atoms with Gasteiger partial charge in [-0.25, -0.2) is 28.3 Å². The molecule has 2 aliphatic heterocycles. The lowest BCUT2D eigenvalue weighted by Crippen LogP contribution is -2.53. The van der Waals surface area contributed by atoms with Crippen LogP contribution < -0.4 is 16.0 Å². The van der Waals surface area contributed by atoms with Crippen molar-refractivity contribution in [3.05, 3.63) is 66.1 Å². The van der Waals surface area contributed by atoms with Crippen LogP contribution in [0.5, 0.6) is 0 Å². The maximum atomic E-state index is 14.4. The fourth-order valence-corrected chi connectivity index (χ4v) is 4.83. The van der Waals surface area contributed by atoms with Crippen molar-refractivity contribution in [2.45, 2.75) is 44.9 Å². The quantitative estimate of drug-likeness (QED) is 0.464. The number of carbonyl (C=O) groups excluding carboxylic acids is 3. The number of imide groups is 1. The Morgan fingerprint density at radius 1 is 1.15 bits per heavy atom. The third-order valence-electron chi connectivity index (χ3n) is 6.64. The molecule has 0 unspecified atom stereocenters. The first-order valence-electron chi connectivity index (χ1n) is 12.9. The highest BCUT2D eigenvalue weighted by Gasteiger charge is 2.49. The molecule has 3 amide bonds. The van der Waals surface area contributed by atoms with Gasteiger partial charge in [0.2, 0.25) is 0 Å². The molecule has 0 aliphatic carbocycles. The molecule has 1 aromatic carbocycles. The number of rotatable bonds is 4. The van der Waals surface area contributed by atoms with E-state index >= 15 is 0 Å². The number of amides is 3. The number of nitrogen functional groups attached to an aromatic ring is 1. The molecule has 0 bridgehead atoms. The number of nitrogens with zero attached hydrogens (tertiary/aromatic N) is 4. The van der Waals surface area contributed by atoms with Gasteiger partial charge in [0.05, 0.1) is 34.5 Å². The Hall–Kier alpha value is -4.81. The van der Waals surface area contributed by atoms with Gasteiger partial charge >= 0.3 is 12.2 Å². The number of hydrogen-bond donors (Lipinski definition) is 2. The normalized spacial score (nSPS) is 18.5. The van der Waals surface area contributed by atoms with Gasteiger partial charge in [-0.2, -0.15) is 0 Å². The van der Waals surface area contributed by atoms with E-state index in [-0.39, 0.29) is 29.2 Å². The van der Waals surface area contributed by atoms with Crippen molar-refractivity contribution in [3.63, 3.8) is 0 Å². The van der Waals surface area contributed by atoms with E-state index in [9.17, 15) is 23.2 Å². The zero-order valence-corrected chi connectivity index (χ0v) is 22.6. The van der Waals surface area contributed by atoms with E-state index in [2.05, 4.69) is 15.3 Å². The highest BCUT2D eigenvalue weighted by Crippen LogP contribution is 2.34. The molecule has 0 spiro atoms. The molecule has 214 valence electrons. The summed E-state index contributed by atoms with van der Waals surface area (Å²) in [6, 6.07) is 7.14. The topological polar surface area (TPSA) is 140 Å². The molecule has 3 N–H and O–H groups in total. The minimum Gasteiger partial charge on any atom is -0.443 e. The fourth-order valence-electron chi connectivity index (χ4n) is 4.83. The zero-order chi connectivity index (χ0) is 29.5. The van der Waals surface area contributed by atoms with Crippen molar-refractivity contribution in [1.82, 2.24) is 14.9 Å². The van der Waals surface area contributed by atoms with E-state index in [1.807, 2.05) is 4.90 Å². The number of nitrogens with one attached hydrogen (secondary N) is 1. The van der Waals surface area contributed by atoms with E-state index in [0.717, 1.165) is 17.0 Å². The van der Waals surface area contributed by atoms with Crippen molar-refractivity contribution < 1.29 is 32.6 Å². The first kappa shape index (κ1) is 27.7. The summed E-state index contributed by atoms with van der Waals surface area (Å²) in [5, 5.41) is 2.73. The van der Waals surface area contributed by atoms with Crippen LogP contribution in [0.3, 0.4) is 0 Å². The Balaban J connectivity index is 1.39. The predicted molar refractivity (Wildman–Crippen MR) is 145 cm³/mol. The van der Waals surface area contributed by atoms with Crippen molar-refractivity contribution in [2.75, 3.05) is 29.0 Å². The number of piperidine rings is 1. The lowest BCUT2D eigenvalue weighted by atomic mass is 10.0. The molecule has 13 heteroatoms. The second-order valence-corrected chi connectivity index (χ2v) is 10.7. The molecule has 2 atom stereocenters. The Kier molecular flexibility index (Phi) is 7.20. The van der Waals surface area contributed by atoms with Crippen LogP contribution in [-0.2, 0) is 9.47 Å². The lowest BCUT2D eigenvalue weighted by molar-refractivity contribution is 0.0285. The summed E-state index contributed by atoms with van der Waals surface area (Å²) < 4.78 is 39.6. The maximum Gasteiger partial charge on any atom is 0.420 e. The van der Waals surface area contributed by atoms with E-state index in [0.29, 0.717) is 24.3 Å². The average molecular weight is 567 g/mol. The number of anilines is 3. The minimum absolute atomic E-state index is 0.00358. The van der Waals surface area contributed by atoms with Crippen LogP contribution in [0.15, 0.2) is 48.8 Å². The van der Waals surface area contributed by atoms with Crippen LogP contribution in [0.25, 0.3) is 11.3 Å². The van der Waals surface area contributed by atoms with E-state index in [4.69, 9.17) is 15.2 Å². The molecule has 2 saturated heterocycles. The average Bonchev–Trinajstić information content (AvgIpc) is 3.23. The summed E-state index contributed by atoms with van der Waals surface area (Å²) in [4.78, 5) is 49.8. The minimum atomic E-state index is -0.832. The highest BCUT2D eigenvalue weighted by atomic mass is 19.1. The van der Waals surface area contributed by atoms with Gasteiger partial charge in [-0.05, 0) is 51.1 Å². The molecule has 3 aromatic rings. The molecule has 2 aliphatic rings. The van der Waals surface area contributed by atoms with Crippen LogP contribution >= 0.6 is 0 Å². The number of carbonyl (C=O) groups is 3. The largest absolute Gasteiger partial charge is 0.443 e. The third-order valence-corrected chi connectivity index (χ3v) is 6.64. The summed E-state index contributed by atoms with van der Waals surface area (Å²) in [6.07, 6.45) is 1.32. The second kappa shape index (κ2) is 10.6. The van der Waals surface area contributed by atoms with Crippen LogP contribution in [-0.4, -0.2) is 63.8 Å². The first-order valence-corrected chi connectivity index (χ1v) is 12.9. The molecular weight excluding hydrogens is 538 g/mol. The van der Waals surface area contributed by atoms with Gasteiger partial charge in [0.25, 0.3) is 5.91 Å². The monoisotopic (exact) mass is 566 g/mol. The fraction of sp³-hybridized carbons (Fsp3) is 0.321. The number of pyridine rings is 2. The summed E-state index contributed by atoms with van der Waals surface area (Å²) in [6.45, 7) is 5.77. The van der Waals surface area contributed by atoms with Crippen molar-refractivity contribution in [2.24, 2.45) is 0 Å². The van der Waals surface area contributed by atoms with Crippen molar-refractivity contribution in [1.29, 1.82) is 0 Å². The SMILES string of the molecule is CC(C)(C)OC(=O)N1C(=O)O[C@H]2CCN(c3ccncc3NC(=O)c3nc(-c4c(F)cccc4F)ccc3N)C[C@H]21. The number of benzene rings is 1. The highest BCUT2D eigenvalue weighted by molar-refractivity contribution is 6.08. The Bertz CT molecular complexity index is 1510. The van der Waals surface area contributed by atoms with Crippen molar-refractivity contribution >= 4 is 35.2 Å². The molecule has 4 heterocycles. The number of nitrogens with two attached hydrogens (primary N) is 1. The van der Waals surface area contributed by atoms with Crippen LogP contribution in [0.1, 0.15) is 37.7 Å². The first-order chi connectivity index (χ1) is 19.4. The van der Waals surface area contributed by atoms with Gasteiger partial charge in [-0.3, -0.25) is 9.78 Å². The number of fused-ring (bicyclic) bond motifs is 1. The van der Waals surface area contributed by atoms with Crippen LogP contribution in [0, 0.1) is 11.6 Å². The molecule has 2 fully saturated rings. The smallest absolute Gasteiger partial charge is 0.420 e. The predicted octanol–water partition coefficient (Wildman–Crippen LogP) is 4.59. The standard InChI is InChI=1S/C28H28F2N6O5/c1-28(2,3)41-27(39)36-21-14-35(12-10-22(21)40-26(36)38)20-9-11-32-13-19(20)34-25(37)24-17(31)7-8-18(33-24)23-15(29)5-4-6-16(23)30/h4-9,11,13,21-22H,10,12,14,31H2,1-3H3,(H,34,37)/t21-,22+/m1/s1. The number of aromatic nitrogens is 2. The molecule has 0 saturated carbocycles. The van der Waals surface area contributed by atoms with Crippen LogP contribution in [0.4, 0.5) is 35.4 Å².